The van der Waals surface area contributed by atoms with Crippen molar-refractivity contribution in [3.05, 3.63) is 35.7 Å². The molecule has 0 radical (unpaired) electrons. The lowest BCUT2D eigenvalue weighted by atomic mass is 9.97. The molecule has 7 rings (SSSR count). The van der Waals surface area contributed by atoms with Gasteiger partial charge in [-0.3, -0.25) is 9.58 Å². The van der Waals surface area contributed by atoms with E-state index in [0.29, 0.717) is 11.5 Å². The Balaban J connectivity index is 1.17. The first kappa shape index (κ1) is 18.5. The number of fused-ring (bicyclic) bond motifs is 1. The number of halogens is 1. The van der Waals surface area contributed by atoms with Crippen molar-refractivity contribution in [2.24, 2.45) is 5.41 Å². The van der Waals surface area contributed by atoms with Gasteiger partial charge in [0.1, 0.15) is 5.69 Å². The standard InChI is InChI=1S/C23H27ClN6O/c1-22(14-31-15-22)28-6-4-27(5-7-28)20-9-19-16(8-18(20)24)11-26-30(19)17-12-25-29(13-17)21-10-23(21)2-3-23/h8-9,11-13,21H,2-7,10,14-15H2,1H3. The monoisotopic (exact) mass is 438 g/mol. The Morgan fingerprint density at radius 1 is 1.06 bits per heavy atom. The number of aromatic nitrogens is 4. The highest BCUT2D eigenvalue weighted by Crippen LogP contribution is 2.72. The second kappa shape index (κ2) is 6.24. The minimum absolute atomic E-state index is 0.208. The van der Waals surface area contributed by atoms with E-state index >= 15 is 0 Å². The fourth-order valence-electron chi connectivity index (χ4n) is 5.56. The van der Waals surface area contributed by atoms with Gasteiger partial charge in [-0.2, -0.15) is 10.2 Å². The lowest BCUT2D eigenvalue weighted by Crippen LogP contribution is -2.64. The van der Waals surface area contributed by atoms with E-state index in [2.05, 4.69) is 43.9 Å². The van der Waals surface area contributed by atoms with Gasteiger partial charge < -0.3 is 9.64 Å². The van der Waals surface area contributed by atoms with Crippen LogP contribution in [-0.2, 0) is 4.74 Å². The molecule has 2 saturated carbocycles. The van der Waals surface area contributed by atoms with Crippen molar-refractivity contribution >= 4 is 28.2 Å². The molecule has 1 aromatic carbocycles. The number of rotatable bonds is 4. The van der Waals surface area contributed by atoms with Gasteiger partial charge in [-0.15, -0.1) is 0 Å². The number of benzene rings is 1. The molecule has 2 aliphatic carbocycles. The molecule has 4 fully saturated rings. The highest BCUT2D eigenvalue weighted by atomic mass is 35.5. The smallest absolute Gasteiger partial charge is 0.103 e. The van der Waals surface area contributed by atoms with Crippen LogP contribution in [-0.4, -0.2) is 69.4 Å². The molecule has 2 saturated heterocycles. The Labute approximate surface area is 186 Å². The van der Waals surface area contributed by atoms with Crippen molar-refractivity contribution in [2.75, 3.05) is 44.3 Å². The second-order valence-corrected chi connectivity index (χ2v) is 10.6. The molecule has 2 aliphatic heterocycles. The average molecular weight is 439 g/mol. The minimum atomic E-state index is 0.208. The molecule has 3 aromatic rings. The molecule has 4 heterocycles. The van der Waals surface area contributed by atoms with Crippen LogP contribution in [0.3, 0.4) is 0 Å². The molecule has 2 aromatic heterocycles. The largest absolute Gasteiger partial charge is 0.377 e. The third kappa shape index (κ3) is 2.79. The van der Waals surface area contributed by atoms with Gasteiger partial charge in [-0.25, -0.2) is 4.68 Å². The van der Waals surface area contributed by atoms with E-state index in [1.165, 1.54) is 19.3 Å². The molecule has 0 bridgehead atoms. The van der Waals surface area contributed by atoms with Crippen molar-refractivity contribution in [1.29, 1.82) is 0 Å². The third-order valence-corrected chi connectivity index (χ3v) is 8.34. The zero-order valence-corrected chi connectivity index (χ0v) is 18.6. The summed E-state index contributed by atoms with van der Waals surface area (Å²) in [5, 5.41) is 11.2. The molecular formula is C23H27ClN6O. The van der Waals surface area contributed by atoms with Crippen molar-refractivity contribution in [1.82, 2.24) is 24.5 Å². The first-order chi connectivity index (χ1) is 15.0. The quantitative estimate of drug-likeness (QED) is 0.624. The Morgan fingerprint density at radius 3 is 2.55 bits per heavy atom. The van der Waals surface area contributed by atoms with Crippen LogP contribution in [0.25, 0.3) is 16.6 Å². The van der Waals surface area contributed by atoms with Gasteiger partial charge in [-0.05, 0) is 43.7 Å². The summed E-state index contributed by atoms with van der Waals surface area (Å²) < 4.78 is 9.61. The van der Waals surface area contributed by atoms with Crippen molar-refractivity contribution in [3.63, 3.8) is 0 Å². The number of nitrogens with zero attached hydrogens (tertiary/aromatic N) is 6. The summed E-state index contributed by atoms with van der Waals surface area (Å²) in [5.41, 5.74) is 3.99. The van der Waals surface area contributed by atoms with Crippen molar-refractivity contribution in [3.8, 4) is 5.69 Å². The Hall–Kier alpha value is -2.09. The molecule has 0 N–H and O–H groups in total. The zero-order valence-electron chi connectivity index (χ0n) is 17.8. The SMILES string of the molecule is CC1(N2CCN(c3cc4c(cnn4-c4cnn(C5CC56CC6)c4)cc3Cl)CC2)COC1. The van der Waals surface area contributed by atoms with Crippen LogP contribution in [0.4, 0.5) is 5.69 Å². The van der Waals surface area contributed by atoms with E-state index in [4.69, 9.17) is 16.3 Å². The van der Waals surface area contributed by atoms with Crippen LogP contribution in [0.1, 0.15) is 32.2 Å². The second-order valence-electron chi connectivity index (χ2n) is 10.1. The topological polar surface area (TPSA) is 51.3 Å². The lowest BCUT2D eigenvalue weighted by Gasteiger charge is -2.50. The van der Waals surface area contributed by atoms with Gasteiger partial charge >= 0.3 is 0 Å². The van der Waals surface area contributed by atoms with E-state index in [0.717, 1.165) is 66.7 Å². The zero-order chi connectivity index (χ0) is 20.8. The first-order valence-corrected chi connectivity index (χ1v) is 11.7. The molecule has 162 valence electrons. The maximum absolute atomic E-state index is 6.72. The normalized spacial score (nSPS) is 26.4. The molecule has 1 unspecified atom stereocenters. The van der Waals surface area contributed by atoms with Crippen LogP contribution >= 0.6 is 11.6 Å². The molecule has 1 spiro atoms. The molecule has 4 aliphatic rings. The Kier molecular flexibility index (Phi) is 3.72. The van der Waals surface area contributed by atoms with Gasteiger partial charge in [0.05, 0.1) is 59.6 Å². The summed E-state index contributed by atoms with van der Waals surface area (Å²) in [6, 6.07) is 4.84. The Bertz CT molecular complexity index is 1170. The predicted octanol–water partition coefficient (Wildman–Crippen LogP) is 3.51. The van der Waals surface area contributed by atoms with Crippen LogP contribution < -0.4 is 4.90 Å². The molecule has 7 nitrogen and oxygen atoms in total. The summed E-state index contributed by atoms with van der Waals surface area (Å²) >= 11 is 6.72. The van der Waals surface area contributed by atoms with Gasteiger partial charge in [0, 0.05) is 31.6 Å². The average Bonchev–Trinajstić information content (AvgIpc) is 3.57. The highest BCUT2D eigenvalue weighted by molar-refractivity contribution is 6.34. The van der Waals surface area contributed by atoms with Crippen LogP contribution in [0, 0.1) is 5.41 Å². The van der Waals surface area contributed by atoms with Gasteiger partial charge in [0.15, 0.2) is 0 Å². The molecule has 31 heavy (non-hydrogen) atoms. The van der Waals surface area contributed by atoms with E-state index < -0.39 is 0 Å². The van der Waals surface area contributed by atoms with Gasteiger partial charge in [-0.1, -0.05) is 11.6 Å². The van der Waals surface area contributed by atoms with Crippen molar-refractivity contribution in [2.45, 2.75) is 37.8 Å². The van der Waals surface area contributed by atoms with Crippen LogP contribution in [0.15, 0.2) is 30.7 Å². The van der Waals surface area contributed by atoms with E-state index in [9.17, 15) is 0 Å². The summed E-state index contributed by atoms with van der Waals surface area (Å²) in [7, 11) is 0. The first-order valence-electron chi connectivity index (χ1n) is 11.3. The summed E-state index contributed by atoms with van der Waals surface area (Å²) in [6.07, 6.45) is 9.99. The summed E-state index contributed by atoms with van der Waals surface area (Å²) in [5.74, 6) is 0. The van der Waals surface area contributed by atoms with E-state index in [1.807, 2.05) is 23.1 Å². The van der Waals surface area contributed by atoms with Crippen LogP contribution in [0.5, 0.6) is 0 Å². The predicted molar refractivity (Wildman–Crippen MR) is 120 cm³/mol. The Morgan fingerprint density at radius 2 is 1.87 bits per heavy atom. The number of hydrogen-bond donors (Lipinski definition) is 0. The number of piperazine rings is 1. The molecular weight excluding hydrogens is 412 g/mol. The highest BCUT2D eigenvalue weighted by Gasteiger charge is 2.64. The summed E-state index contributed by atoms with van der Waals surface area (Å²) in [6.45, 7) is 7.99. The minimum Gasteiger partial charge on any atom is -0.377 e. The lowest BCUT2D eigenvalue weighted by molar-refractivity contribution is -0.131. The summed E-state index contributed by atoms with van der Waals surface area (Å²) in [4.78, 5) is 4.96. The van der Waals surface area contributed by atoms with E-state index in [1.54, 1.807) is 0 Å². The maximum Gasteiger partial charge on any atom is 0.103 e. The maximum atomic E-state index is 6.72. The molecule has 8 heteroatoms. The number of anilines is 1. The van der Waals surface area contributed by atoms with Gasteiger partial charge in [0.25, 0.3) is 0 Å². The number of hydrogen-bond acceptors (Lipinski definition) is 5. The van der Waals surface area contributed by atoms with Crippen molar-refractivity contribution < 1.29 is 4.74 Å². The number of ether oxygens (including phenoxy) is 1. The fourth-order valence-corrected chi connectivity index (χ4v) is 5.85. The van der Waals surface area contributed by atoms with E-state index in [-0.39, 0.29) is 5.54 Å². The molecule has 0 amide bonds. The third-order valence-electron chi connectivity index (χ3n) is 8.04. The molecule has 1 atom stereocenters. The van der Waals surface area contributed by atoms with Gasteiger partial charge in [0.2, 0.25) is 0 Å². The van der Waals surface area contributed by atoms with Crippen LogP contribution in [0.2, 0.25) is 5.02 Å². The fraction of sp³-hybridized carbons (Fsp3) is 0.565.